The Balaban J connectivity index is 2.47. The van der Waals surface area contributed by atoms with Crippen molar-refractivity contribution in [1.82, 2.24) is 0 Å². The summed E-state index contributed by atoms with van der Waals surface area (Å²) in [5.41, 5.74) is 6.15. The van der Waals surface area contributed by atoms with E-state index in [9.17, 15) is 4.79 Å². The van der Waals surface area contributed by atoms with E-state index in [0.29, 0.717) is 17.9 Å². The van der Waals surface area contributed by atoms with Crippen molar-refractivity contribution in [1.29, 1.82) is 0 Å². The summed E-state index contributed by atoms with van der Waals surface area (Å²) in [6.07, 6.45) is 2.32. The van der Waals surface area contributed by atoms with Crippen molar-refractivity contribution in [2.75, 3.05) is 5.73 Å². The van der Waals surface area contributed by atoms with Gasteiger partial charge in [-0.2, -0.15) is 0 Å². The van der Waals surface area contributed by atoms with Crippen LogP contribution < -0.4 is 10.5 Å². The van der Waals surface area contributed by atoms with E-state index < -0.39 is 0 Å². The molecule has 0 fully saturated rings. The highest BCUT2D eigenvalue weighted by Gasteiger charge is 2.03. The minimum absolute atomic E-state index is 0.197. The zero-order valence-corrected chi connectivity index (χ0v) is 8.32. The van der Waals surface area contributed by atoms with Crippen molar-refractivity contribution >= 4 is 11.7 Å². The Labute approximate surface area is 83.9 Å². The van der Waals surface area contributed by atoms with Gasteiger partial charge in [-0.25, -0.2) is 0 Å². The number of rotatable bonds is 4. The van der Waals surface area contributed by atoms with Gasteiger partial charge in [0.25, 0.3) is 0 Å². The van der Waals surface area contributed by atoms with Crippen molar-refractivity contribution in [2.45, 2.75) is 26.2 Å². The smallest absolute Gasteiger partial charge is 0.311 e. The first-order chi connectivity index (χ1) is 6.72. The Kier molecular flexibility index (Phi) is 3.98. The Hall–Kier alpha value is -1.51. The summed E-state index contributed by atoms with van der Waals surface area (Å²) in [4.78, 5) is 11.2. The minimum atomic E-state index is -0.197. The van der Waals surface area contributed by atoms with Crippen molar-refractivity contribution in [2.24, 2.45) is 0 Å². The molecule has 0 atom stereocenters. The average molecular weight is 193 g/mol. The van der Waals surface area contributed by atoms with Gasteiger partial charge >= 0.3 is 5.97 Å². The van der Waals surface area contributed by atoms with E-state index in [0.717, 1.165) is 12.8 Å². The molecule has 0 aliphatic rings. The molecular formula is C11H15NO2. The molecule has 0 aromatic heterocycles. The number of nitrogen functional groups attached to an aromatic ring is 1. The fraction of sp³-hybridized carbons (Fsp3) is 0.364. The molecule has 0 aliphatic carbocycles. The van der Waals surface area contributed by atoms with Crippen LogP contribution in [-0.2, 0) is 4.79 Å². The topological polar surface area (TPSA) is 52.3 Å². The molecule has 0 heterocycles. The number of carbonyl (C=O) groups is 1. The highest BCUT2D eigenvalue weighted by molar-refractivity contribution is 5.72. The third-order valence-corrected chi connectivity index (χ3v) is 1.82. The van der Waals surface area contributed by atoms with E-state index in [1.807, 2.05) is 6.92 Å². The molecule has 0 saturated heterocycles. The van der Waals surface area contributed by atoms with Crippen LogP contribution in [-0.4, -0.2) is 5.97 Å². The molecule has 0 radical (unpaired) electrons. The maximum absolute atomic E-state index is 11.2. The van der Waals surface area contributed by atoms with Gasteiger partial charge in [-0.15, -0.1) is 0 Å². The Morgan fingerprint density at radius 2 is 2.29 bits per heavy atom. The first kappa shape index (κ1) is 10.6. The van der Waals surface area contributed by atoms with Crippen LogP contribution in [0.3, 0.4) is 0 Å². The summed E-state index contributed by atoms with van der Waals surface area (Å²) in [5.74, 6) is 0.323. The quantitative estimate of drug-likeness (QED) is 0.453. The number of unbranched alkanes of at least 4 members (excludes halogenated alkanes) is 1. The number of ether oxygens (including phenoxy) is 1. The van der Waals surface area contributed by atoms with Gasteiger partial charge in [-0.1, -0.05) is 19.4 Å². The van der Waals surface area contributed by atoms with Crippen LogP contribution in [0.4, 0.5) is 5.69 Å². The van der Waals surface area contributed by atoms with E-state index in [2.05, 4.69) is 0 Å². The zero-order valence-electron chi connectivity index (χ0n) is 8.32. The number of hydrogen-bond donors (Lipinski definition) is 1. The molecule has 3 nitrogen and oxygen atoms in total. The summed E-state index contributed by atoms with van der Waals surface area (Å²) in [5, 5.41) is 0. The molecule has 0 saturated carbocycles. The Morgan fingerprint density at radius 3 is 2.93 bits per heavy atom. The van der Waals surface area contributed by atoms with E-state index in [-0.39, 0.29) is 5.97 Å². The third-order valence-electron chi connectivity index (χ3n) is 1.82. The molecule has 76 valence electrons. The van der Waals surface area contributed by atoms with Crippen LogP contribution in [0.5, 0.6) is 5.75 Å². The lowest BCUT2D eigenvalue weighted by Gasteiger charge is -2.03. The van der Waals surface area contributed by atoms with Gasteiger partial charge in [0.1, 0.15) is 5.75 Å². The van der Waals surface area contributed by atoms with Gasteiger partial charge in [-0.05, 0) is 18.6 Å². The van der Waals surface area contributed by atoms with Crippen LogP contribution in [0.2, 0.25) is 0 Å². The van der Waals surface area contributed by atoms with Crippen molar-refractivity contribution in [3.63, 3.8) is 0 Å². The molecule has 1 rings (SSSR count). The van der Waals surface area contributed by atoms with Crippen LogP contribution in [0, 0.1) is 0 Å². The second-order valence-corrected chi connectivity index (χ2v) is 3.15. The molecule has 0 amide bonds. The lowest BCUT2D eigenvalue weighted by atomic mass is 10.2. The zero-order chi connectivity index (χ0) is 10.4. The summed E-state index contributed by atoms with van der Waals surface area (Å²) in [6, 6.07) is 6.88. The van der Waals surface area contributed by atoms with Crippen LogP contribution >= 0.6 is 0 Å². The van der Waals surface area contributed by atoms with E-state index >= 15 is 0 Å². The summed E-state index contributed by atoms with van der Waals surface area (Å²) in [7, 11) is 0. The second kappa shape index (κ2) is 5.27. The fourth-order valence-electron chi connectivity index (χ4n) is 1.08. The number of nitrogens with two attached hydrogens (primary N) is 1. The Morgan fingerprint density at radius 1 is 1.50 bits per heavy atom. The van der Waals surface area contributed by atoms with Gasteiger partial charge in [0.15, 0.2) is 0 Å². The molecule has 0 bridgehead atoms. The number of benzene rings is 1. The van der Waals surface area contributed by atoms with Crippen molar-refractivity contribution < 1.29 is 9.53 Å². The van der Waals surface area contributed by atoms with E-state index in [1.54, 1.807) is 24.3 Å². The molecular weight excluding hydrogens is 178 g/mol. The van der Waals surface area contributed by atoms with Crippen LogP contribution in [0.1, 0.15) is 26.2 Å². The fourth-order valence-corrected chi connectivity index (χ4v) is 1.08. The van der Waals surface area contributed by atoms with Gasteiger partial charge in [0.05, 0.1) is 0 Å². The monoisotopic (exact) mass is 193 g/mol. The number of carbonyl (C=O) groups excluding carboxylic acids is 1. The SMILES string of the molecule is CCCCC(=O)Oc1cccc(N)c1. The highest BCUT2D eigenvalue weighted by Crippen LogP contribution is 2.15. The van der Waals surface area contributed by atoms with Crippen LogP contribution in [0.25, 0.3) is 0 Å². The van der Waals surface area contributed by atoms with Crippen molar-refractivity contribution in [3.8, 4) is 5.75 Å². The Bertz CT molecular complexity index is 310. The number of hydrogen-bond acceptors (Lipinski definition) is 3. The maximum Gasteiger partial charge on any atom is 0.311 e. The number of esters is 1. The minimum Gasteiger partial charge on any atom is -0.426 e. The lowest BCUT2D eigenvalue weighted by molar-refractivity contribution is -0.134. The maximum atomic E-state index is 11.2. The molecule has 2 N–H and O–H groups in total. The first-order valence-electron chi connectivity index (χ1n) is 4.78. The second-order valence-electron chi connectivity index (χ2n) is 3.15. The molecule has 0 aliphatic heterocycles. The van der Waals surface area contributed by atoms with Gasteiger partial charge in [0.2, 0.25) is 0 Å². The van der Waals surface area contributed by atoms with Gasteiger partial charge in [0, 0.05) is 18.2 Å². The summed E-state index contributed by atoms with van der Waals surface area (Å²) >= 11 is 0. The molecule has 1 aromatic carbocycles. The number of anilines is 1. The largest absolute Gasteiger partial charge is 0.426 e. The van der Waals surface area contributed by atoms with Crippen LogP contribution in [0.15, 0.2) is 24.3 Å². The molecule has 0 spiro atoms. The molecule has 1 aromatic rings. The molecule has 14 heavy (non-hydrogen) atoms. The van der Waals surface area contributed by atoms with Crippen molar-refractivity contribution in [3.05, 3.63) is 24.3 Å². The molecule has 3 heteroatoms. The standard InChI is InChI=1S/C11H15NO2/c1-2-3-7-11(13)14-10-6-4-5-9(12)8-10/h4-6,8H,2-3,7,12H2,1H3. The summed E-state index contributed by atoms with van der Waals surface area (Å²) < 4.78 is 5.08. The average Bonchev–Trinajstić information content (AvgIpc) is 2.15. The third kappa shape index (κ3) is 3.47. The normalized spacial score (nSPS) is 9.79. The predicted molar refractivity (Wildman–Crippen MR) is 56.0 cm³/mol. The predicted octanol–water partition coefficient (Wildman–Crippen LogP) is 2.36. The lowest BCUT2D eigenvalue weighted by Crippen LogP contribution is -2.07. The first-order valence-corrected chi connectivity index (χ1v) is 4.78. The van der Waals surface area contributed by atoms with E-state index in [4.69, 9.17) is 10.5 Å². The van der Waals surface area contributed by atoms with Gasteiger partial charge < -0.3 is 10.5 Å². The van der Waals surface area contributed by atoms with E-state index in [1.165, 1.54) is 0 Å². The highest BCUT2D eigenvalue weighted by atomic mass is 16.5. The van der Waals surface area contributed by atoms with Gasteiger partial charge in [-0.3, -0.25) is 4.79 Å². The summed E-state index contributed by atoms with van der Waals surface area (Å²) in [6.45, 7) is 2.04. The molecule has 0 unspecified atom stereocenters.